The number of ketones is 1. The second kappa shape index (κ2) is 11.3. The highest BCUT2D eigenvalue weighted by molar-refractivity contribution is 6.01. The molecular formula is C24H37N5O3. The van der Waals surface area contributed by atoms with Crippen LogP contribution >= 0.6 is 0 Å². The molecule has 0 radical (unpaired) electrons. The third-order valence-electron chi connectivity index (χ3n) is 6.92. The van der Waals surface area contributed by atoms with Gasteiger partial charge in [0.25, 0.3) is 0 Å². The molecule has 1 aromatic rings. The zero-order chi connectivity index (χ0) is 22.3. The highest BCUT2D eigenvalue weighted by Gasteiger charge is 2.36. The summed E-state index contributed by atoms with van der Waals surface area (Å²) in [5, 5.41) is 9.79. The maximum Gasteiger partial charge on any atom is 0.349 e. The molecule has 0 amide bonds. The maximum absolute atomic E-state index is 12.8. The molecule has 0 bridgehead atoms. The molecule has 4 rings (SSSR count). The average molecular weight is 444 g/mol. The number of benzene rings is 1. The van der Waals surface area contributed by atoms with Gasteiger partial charge in [0, 0.05) is 65.4 Å². The molecule has 1 unspecified atom stereocenters. The number of hydrogen-bond donors (Lipinski definition) is 1. The number of piperidine rings is 1. The highest BCUT2D eigenvalue weighted by atomic mass is 16.7. The topological polar surface area (TPSA) is 68.4 Å². The van der Waals surface area contributed by atoms with Gasteiger partial charge in [-0.05, 0) is 37.7 Å². The van der Waals surface area contributed by atoms with Crippen molar-refractivity contribution >= 4 is 11.8 Å². The number of nitrogens with one attached hydrogen (secondary N) is 1. The van der Waals surface area contributed by atoms with E-state index in [1.165, 1.54) is 25.3 Å². The summed E-state index contributed by atoms with van der Waals surface area (Å²) in [4.78, 5) is 32.6. The monoisotopic (exact) mass is 443 g/mol. The van der Waals surface area contributed by atoms with Gasteiger partial charge in [-0.3, -0.25) is 9.69 Å². The Kier molecular flexibility index (Phi) is 8.26. The van der Waals surface area contributed by atoms with E-state index in [-0.39, 0.29) is 5.78 Å². The lowest BCUT2D eigenvalue weighted by atomic mass is 9.91. The van der Waals surface area contributed by atoms with Crippen molar-refractivity contribution in [3.05, 3.63) is 35.9 Å². The number of piperazine rings is 2. The van der Waals surface area contributed by atoms with E-state index in [4.69, 9.17) is 4.84 Å². The molecule has 8 nitrogen and oxygen atoms in total. The molecule has 1 aromatic carbocycles. The van der Waals surface area contributed by atoms with Crippen LogP contribution in [0.2, 0.25) is 0 Å². The van der Waals surface area contributed by atoms with Crippen molar-refractivity contribution < 1.29 is 14.4 Å². The van der Waals surface area contributed by atoms with Crippen LogP contribution in [0.3, 0.4) is 0 Å². The fourth-order valence-electron chi connectivity index (χ4n) is 5.09. The van der Waals surface area contributed by atoms with E-state index in [1.807, 2.05) is 4.90 Å². The quantitative estimate of drug-likeness (QED) is 0.621. The normalized spacial score (nSPS) is 23.7. The number of carbonyl (C=O) groups excluding carboxylic acids is 2. The number of Topliss-reactive ketones (excluding diaryl/α,β-unsaturated/α-hetero) is 1. The van der Waals surface area contributed by atoms with Crippen molar-refractivity contribution in [2.75, 3.05) is 65.4 Å². The number of rotatable bonds is 7. The molecule has 0 saturated carbocycles. The molecule has 8 heteroatoms. The molecule has 1 N–H and O–H groups in total. The first-order chi connectivity index (χ1) is 15.6. The third kappa shape index (κ3) is 6.14. The van der Waals surface area contributed by atoms with Crippen LogP contribution < -0.4 is 5.32 Å². The lowest BCUT2D eigenvalue weighted by Crippen LogP contribution is -2.60. The molecule has 3 aliphatic heterocycles. The van der Waals surface area contributed by atoms with Gasteiger partial charge in [0.1, 0.15) is 0 Å². The van der Waals surface area contributed by atoms with Crippen molar-refractivity contribution in [3.8, 4) is 0 Å². The zero-order valence-corrected chi connectivity index (χ0v) is 19.2. The van der Waals surface area contributed by atoms with Gasteiger partial charge in [-0.1, -0.05) is 30.3 Å². The Morgan fingerprint density at radius 1 is 0.938 bits per heavy atom. The summed E-state index contributed by atoms with van der Waals surface area (Å²) in [7, 11) is 0. The Balaban J connectivity index is 1.23. The van der Waals surface area contributed by atoms with Crippen LogP contribution in [0.4, 0.5) is 0 Å². The summed E-state index contributed by atoms with van der Waals surface area (Å²) in [6.45, 7) is 9.63. The van der Waals surface area contributed by atoms with Crippen LogP contribution in [-0.4, -0.2) is 103 Å². The molecule has 3 fully saturated rings. The first-order valence-corrected chi connectivity index (χ1v) is 12.1. The van der Waals surface area contributed by atoms with Gasteiger partial charge in [-0.2, -0.15) is 0 Å². The predicted molar refractivity (Wildman–Crippen MR) is 123 cm³/mol. The molecule has 3 heterocycles. The van der Waals surface area contributed by atoms with Crippen LogP contribution in [0.25, 0.3) is 0 Å². The van der Waals surface area contributed by atoms with Crippen molar-refractivity contribution in [1.82, 2.24) is 25.3 Å². The third-order valence-corrected chi connectivity index (χ3v) is 6.92. The summed E-state index contributed by atoms with van der Waals surface area (Å²) >= 11 is 0. The summed E-state index contributed by atoms with van der Waals surface area (Å²) in [6, 6.07) is 9.97. The number of hydrogen-bond acceptors (Lipinski definition) is 8. The van der Waals surface area contributed by atoms with Crippen molar-refractivity contribution in [2.45, 2.75) is 32.2 Å². The summed E-state index contributed by atoms with van der Waals surface area (Å²) in [6.07, 6.45) is 3.59. The summed E-state index contributed by atoms with van der Waals surface area (Å²) < 4.78 is 0. The average Bonchev–Trinajstić information content (AvgIpc) is 2.81. The number of hydrazine groups is 1. The Bertz CT molecular complexity index is 739. The highest BCUT2D eigenvalue weighted by Crippen LogP contribution is 2.23. The molecule has 1 atom stereocenters. The molecule has 0 aromatic heterocycles. The minimum atomic E-state index is -0.802. The van der Waals surface area contributed by atoms with Gasteiger partial charge in [-0.25, -0.2) is 14.8 Å². The summed E-state index contributed by atoms with van der Waals surface area (Å²) in [5.74, 6) is 0.173. The lowest BCUT2D eigenvalue weighted by molar-refractivity contribution is -0.200. The van der Waals surface area contributed by atoms with Gasteiger partial charge in [0.15, 0.2) is 11.8 Å². The van der Waals surface area contributed by atoms with E-state index in [9.17, 15) is 9.59 Å². The second-order valence-electron chi connectivity index (χ2n) is 9.18. The van der Waals surface area contributed by atoms with Gasteiger partial charge >= 0.3 is 5.97 Å². The molecule has 0 spiro atoms. The van der Waals surface area contributed by atoms with Crippen molar-refractivity contribution in [3.63, 3.8) is 0 Å². The van der Waals surface area contributed by atoms with Crippen LogP contribution in [-0.2, 0) is 20.8 Å². The largest absolute Gasteiger partial charge is 0.366 e. The smallest absolute Gasteiger partial charge is 0.349 e. The van der Waals surface area contributed by atoms with E-state index in [0.29, 0.717) is 26.2 Å². The van der Waals surface area contributed by atoms with E-state index in [2.05, 4.69) is 45.7 Å². The van der Waals surface area contributed by atoms with Gasteiger partial charge in [-0.15, -0.1) is 5.06 Å². The molecule has 32 heavy (non-hydrogen) atoms. The molecule has 3 saturated heterocycles. The molecule has 176 valence electrons. The van der Waals surface area contributed by atoms with Crippen molar-refractivity contribution in [2.24, 2.45) is 5.92 Å². The lowest BCUT2D eigenvalue weighted by Gasteiger charge is -2.45. The predicted octanol–water partition coefficient (Wildman–Crippen LogP) is 0.795. The molecule has 0 aliphatic carbocycles. The Morgan fingerprint density at radius 3 is 2.19 bits per heavy atom. The summed E-state index contributed by atoms with van der Waals surface area (Å²) in [5.41, 5.74) is 1.43. The van der Waals surface area contributed by atoms with Gasteiger partial charge in [0.2, 0.25) is 0 Å². The first-order valence-electron chi connectivity index (χ1n) is 12.1. The minimum Gasteiger partial charge on any atom is -0.366 e. The number of nitrogens with zero attached hydrogens (tertiary/aromatic N) is 4. The number of hydroxylamine groups is 2. The SMILES string of the molecule is CC(=O)C(C(=O)ON1CCNCC1)N1CCN(N2CCC(Cc3ccccc3)CC2)CC1. The van der Waals surface area contributed by atoms with Crippen LogP contribution in [0.15, 0.2) is 30.3 Å². The Morgan fingerprint density at radius 2 is 1.56 bits per heavy atom. The first kappa shape index (κ1) is 23.3. The second-order valence-corrected chi connectivity index (χ2v) is 9.18. The van der Waals surface area contributed by atoms with Gasteiger partial charge in [0.05, 0.1) is 0 Å². The fraction of sp³-hybridized carbons (Fsp3) is 0.667. The van der Waals surface area contributed by atoms with E-state index >= 15 is 0 Å². The maximum atomic E-state index is 12.8. The van der Waals surface area contributed by atoms with Gasteiger partial charge < -0.3 is 10.2 Å². The van der Waals surface area contributed by atoms with Crippen LogP contribution in [0, 0.1) is 5.92 Å². The van der Waals surface area contributed by atoms with E-state index in [0.717, 1.165) is 51.6 Å². The van der Waals surface area contributed by atoms with Crippen molar-refractivity contribution in [1.29, 1.82) is 0 Å². The standard InChI is InChI=1S/C24H37N5O3/c1-20(30)23(24(31)32-29-13-9-25-10-14-29)26-15-17-28(18-16-26)27-11-7-22(8-12-27)19-21-5-3-2-4-6-21/h2-6,22-23,25H,7-19H2,1H3. The molecule has 3 aliphatic rings. The minimum absolute atomic E-state index is 0.139. The Labute approximate surface area is 191 Å². The molecular weight excluding hydrogens is 406 g/mol. The van der Waals surface area contributed by atoms with Crippen LogP contribution in [0.5, 0.6) is 0 Å². The van der Waals surface area contributed by atoms with E-state index in [1.54, 1.807) is 5.06 Å². The Hall–Kier alpha value is -1.84. The van der Waals surface area contributed by atoms with Crippen LogP contribution in [0.1, 0.15) is 25.3 Å². The van der Waals surface area contributed by atoms with E-state index < -0.39 is 12.0 Å². The number of carbonyl (C=O) groups is 2. The fourth-order valence-corrected chi connectivity index (χ4v) is 5.09. The zero-order valence-electron chi connectivity index (χ0n) is 19.2.